The summed E-state index contributed by atoms with van der Waals surface area (Å²) in [7, 11) is 0. The first kappa shape index (κ1) is 18.4. The van der Waals surface area contributed by atoms with Crippen LogP contribution < -0.4 is 0 Å². The Labute approximate surface area is 123 Å². The highest BCUT2D eigenvalue weighted by molar-refractivity contribution is 9.09. The third kappa shape index (κ3) is 14.5. The monoisotopic (exact) mass is 320 g/mol. The van der Waals surface area contributed by atoms with E-state index in [1.54, 1.807) is 0 Å². The zero-order valence-corrected chi connectivity index (χ0v) is 13.9. The van der Waals surface area contributed by atoms with E-state index < -0.39 is 0 Å². The van der Waals surface area contributed by atoms with Crippen molar-refractivity contribution in [3.8, 4) is 0 Å². The fourth-order valence-corrected chi connectivity index (χ4v) is 2.62. The number of aliphatic hydroxyl groups excluding tert-OH is 1. The molecule has 0 aliphatic carbocycles. The lowest BCUT2D eigenvalue weighted by atomic mass is 10.0. The van der Waals surface area contributed by atoms with Gasteiger partial charge in [0.05, 0.1) is 6.10 Å². The van der Waals surface area contributed by atoms with E-state index in [9.17, 15) is 5.11 Å². The molecule has 1 nitrogen and oxygen atoms in total. The predicted octanol–water partition coefficient (Wildman–Crippen LogP) is 5.83. The fourth-order valence-electron chi connectivity index (χ4n) is 2.30. The van der Waals surface area contributed by atoms with Crippen LogP contribution in [0, 0.1) is 0 Å². The Morgan fingerprint density at radius 2 is 1.11 bits per heavy atom. The van der Waals surface area contributed by atoms with Gasteiger partial charge in [-0.25, -0.2) is 0 Å². The molecule has 0 bridgehead atoms. The second-order valence-electron chi connectivity index (χ2n) is 5.49. The highest BCUT2D eigenvalue weighted by Crippen LogP contribution is 2.13. The van der Waals surface area contributed by atoms with Crippen molar-refractivity contribution >= 4 is 15.9 Å². The molecule has 0 radical (unpaired) electrons. The third-order valence-corrected chi connectivity index (χ3v) is 4.32. The summed E-state index contributed by atoms with van der Waals surface area (Å²) in [6.45, 7) is 2.27. The molecule has 0 aromatic heterocycles. The third-order valence-electron chi connectivity index (χ3n) is 3.57. The quantitative estimate of drug-likeness (QED) is 0.315. The van der Waals surface area contributed by atoms with E-state index in [1.807, 2.05) is 0 Å². The standard InChI is InChI=1S/C16H33BrO/c1-2-3-4-5-6-7-8-9-10-11-12-13-14-16(18)15-17/h16,18H,2-15H2,1H3. The van der Waals surface area contributed by atoms with Crippen LogP contribution in [0.3, 0.4) is 0 Å². The molecular weight excluding hydrogens is 288 g/mol. The van der Waals surface area contributed by atoms with Gasteiger partial charge in [-0.2, -0.15) is 0 Å². The molecule has 1 N–H and O–H groups in total. The van der Waals surface area contributed by atoms with Gasteiger partial charge >= 0.3 is 0 Å². The summed E-state index contributed by atoms with van der Waals surface area (Å²) < 4.78 is 0. The number of hydrogen-bond donors (Lipinski definition) is 1. The van der Waals surface area contributed by atoms with Gasteiger partial charge in [0.1, 0.15) is 0 Å². The molecule has 0 aliphatic rings. The van der Waals surface area contributed by atoms with Crippen LogP contribution in [0.4, 0.5) is 0 Å². The van der Waals surface area contributed by atoms with Gasteiger partial charge in [-0.1, -0.05) is 99.9 Å². The maximum Gasteiger partial charge on any atom is 0.0637 e. The lowest BCUT2D eigenvalue weighted by Gasteiger charge is -2.06. The Morgan fingerprint density at radius 1 is 0.722 bits per heavy atom. The maximum atomic E-state index is 9.37. The van der Waals surface area contributed by atoms with Crippen LogP contribution in [0.15, 0.2) is 0 Å². The van der Waals surface area contributed by atoms with Crippen LogP contribution in [0.1, 0.15) is 90.4 Å². The van der Waals surface area contributed by atoms with Crippen molar-refractivity contribution in [1.29, 1.82) is 0 Å². The molecule has 2 heteroatoms. The highest BCUT2D eigenvalue weighted by Gasteiger charge is 2.00. The van der Waals surface area contributed by atoms with Crippen LogP contribution in [-0.2, 0) is 0 Å². The molecule has 0 saturated carbocycles. The van der Waals surface area contributed by atoms with Gasteiger partial charge in [-0.05, 0) is 6.42 Å². The number of aliphatic hydroxyl groups is 1. The Hall–Kier alpha value is 0.440. The van der Waals surface area contributed by atoms with Gasteiger partial charge in [0, 0.05) is 5.33 Å². The van der Waals surface area contributed by atoms with E-state index in [0.717, 1.165) is 11.8 Å². The molecule has 0 saturated heterocycles. The molecule has 0 rings (SSSR count). The number of alkyl halides is 1. The summed E-state index contributed by atoms with van der Waals surface area (Å²) in [5, 5.41) is 10.1. The minimum absolute atomic E-state index is 0.131. The summed E-state index contributed by atoms with van der Waals surface area (Å²) in [4.78, 5) is 0. The van der Waals surface area contributed by atoms with Gasteiger partial charge in [0.25, 0.3) is 0 Å². The van der Waals surface area contributed by atoms with E-state index in [4.69, 9.17) is 0 Å². The second-order valence-corrected chi connectivity index (χ2v) is 6.13. The van der Waals surface area contributed by atoms with E-state index in [0.29, 0.717) is 0 Å². The number of unbranched alkanes of at least 4 members (excludes halogenated alkanes) is 11. The molecule has 0 aliphatic heterocycles. The van der Waals surface area contributed by atoms with Crippen molar-refractivity contribution in [1.82, 2.24) is 0 Å². The molecule has 0 aromatic rings. The number of rotatable bonds is 14. The van der Waals surface area contributed by atoms with Gasteiger partial charge in [-0.15, -0.1) is 0 Å². The normalized spacial score (nSPS) is 12.8. The van der Waals surface area contributed by atoms with Crippen molar-refractivity contribution in [3.05, 3.63) is 0 Å². The van der Waals surface area contributed by atoms with Crippen LogP contribution >= 0.6 is 15.9 Å². The van der Waals surface area contributed by atoms with E-state index in [1.165, 1.54) is 77.0 Å². The van der Waals surface area contributed by atoms with E-state index >= 15 is 0 Å². The molecule has 0 fully saturated rings. The van der Waals surface area contributed by atoms with Crippen LogP contribution in [0.25, 0.3) is 0 Å². The zero-order valence-electron chi connectivity index (χ0n) is 12.3. The Bertz CT molecular complexity index is 150. The molecule has 110 valence electrons. The highest BCUT2D eigenvalue weighted by atomic mass is 79.9. The molecule has 18 heavy (non-hydrogen) atoms. The van der Waals surface area contributed by atoms with Crippen LogP contribution in [0.5, 0.6) is 0 Å². The minimum atomic E-state index is -0.131. The first-order valence-corrected chi connectivity index (χ1v) is 9.17. The van der Waals surface area contributed by atoms with Crippen molar-refractivity contribution in [3.63, 3.8) is 0 Å². The van der Waals surface area contributed by atoms with E-state index in [2.05, 4.69) is 22.9 Å². The second kappa shape index (κ2) is 15.5. The number of halogens is 1. The van der Waals surface area contributed by atoms with Gasteiger partial charge in [-0.3, -0.25) is 0 Å². The molecule has 0 aromatic carbocycles. The van der Waals surface area contributed by atoms with Crippen molar-refractivity contribution < 1.29 is 5.11 Å². The Balaban J connectivity index is 2.94. The van der Waals surface area contributed by atoms with Gasteiger partial charge in [0.2, 0.25) is 0 Å². The molecule has 0 spiro atoms. The van der Waals surface area contributed by atoms with E-state index in [-0.39, 0.29) is 6.10 Å². The topological polar surface area (TPSA) is 20.2 Å². The minimum Gasteiger partial charge on any atom is -0.392 e. The average Bonchev–Trinajstić information content (AvgIpc) is 2.39. The maximum absolute atomic E-state index is 9.37. The lowest BCUT2D eigenvalue weighted by Crippen LogP contribution is -2.06. The zero-order chi connectivity index (χ0) is 13.5. The van der Waals surface area contributed by atoms with Crippen LogP contribution in [-0.4, -0.2) is 16.5 Å². The fraction of sp³-hybridized carbons (Fsp3) is 1.00. The predicted molar refractivity (Wildman–Crippen MR) is 85.5 cm³/mol. The summed E-state index contributed by atoms with van der Waals surface area (Å²) in [5.74, 6) is 0. The molecule has 0 amide bonds. The van der Waals surface area contributed by atoms with Gasteiger partial charge in [0.15, 0.2) is 0 Å². The molecule has 1 unspecified atom stereocenters. The SMILES string of the molecule is CCCCCCCCCCCCCCC(O)CBr. The Kier molecular flexibility index (Phi) is 15.9. The molecule has 0 heterocycles. The number of hydrogen-bond acceptors (Lipinski definition) is 1. The van der Waals surface area contributed by atoms with Crippen molar-refractivity contribution in [2.24, 2.45) is 0 Å². The molecule has 1 atom stereocenters. The summed E-state index contributed by atoms with van der Waals surface area (Å²) in [5.41, 5.74) is 0. The molecular formula is C16H33BrO. The van der Waals surface area contributed by atoms with Crippen LogP contribution in [0.2, 0.25) is 0 Å². The Morgan fingerprint density at radius 3 is 1.50 bits per heavy atom. The first-order valence-electron chi connectivity index (χ1n) is 8.05. The average molecular weight is 321 g/mol. The van der Waals surface area contributed by atoms with Crippen molar-refractivity contribution in [2.75, 3.05) is 5.33 Å². The smallest absolute Gasteiger partial charge is 0.0637 e. The first-order chi connectivity index (χ1) is 8.81. The van der Waals surface area contributed by atoms with Crippen molar-refractivity contribution in [2.45, 2.75) is 96.5 Å². The van der Waals surface area contributed by atoms with Gasteiger partial charge < -0.3 is 5.11 Å². The lowest BCUT2D eigenvalue weighted by molar-refractivity contribution is 0.186. The largest absolute Gasteiger partial charge is 0.392 e. The summed E-state index contributed by atoms with van der Waals surface area (Å²) in [6.07, 6.45) is 17.4. The summed E-state index contributed by atoms with van der Waals surface area (Å²) >= 11 is 3.30. The summed E-state index contributed by atoms with van der Waals surface area (Å²) in [6, 6.07) is 0.